The van der Waals surface area contributed by atoms with Crippen LogP contribution in [0.15, 0.2) is 48.5 Å². The Morgan fingerprint density at radius 1 is 0.909 bits per heavy atom. The summed E-state index contributed by atoms with van der Waals surface area (Å²) in [6.07, 6.45) is 0. The third kappa shape index (κ3) is 4.34. The van der Waals surface area contributed by atoms with Gasteiger partial charge in [0.1, 0.15) is 5.75 Å². The summed E-state index contributed by atoms with van der Waals surface area (Å²) in [6.45, 7) is 4.02. The molecule has 0 bridgehead atoms. The fourth-order valence-corrected chi connectivity index (χ4v) is 1.88. The molecule has 0 aromatic heterocycles. The van der Waals surface area contributed by atoms with Crippen LogP contribution in [0.4, 0.5) is 16.2 Å². The Labute approximate surface area is 129 Å². The van der Waals surface area contributed by atoms with Crippen molar-refractivity contribution in [1.82, 2.24) is 0 Å². The van der Waals surface area contributed by atoms with E-state index in [9.17, 15) is 9.59 Å². The van der Waals surface area contributed by atoms with Crippen molar-refractivity contribution >= 4 is 23.2 Å². The van der Waals surface area contributed by atoms with Gasteiger partial charge >= 0.3 is 6.03 Å². The van der Waals surface area contributed by atoms with Gasteiger partial charge < -0.3 is 15.4 Å². The van der Waals surface area contributed by atoms with Crippen LogP contribution >= 0.6 is 0 Å². The quantitative estimate of drug-likeness (QED) is 0.822. The number of urea groups is 1. The van der Waals surface area contributed by atoms with Crippen LogP contribution in [-0.2, 0) is 0 Å². The molecule has 0 radical (unpaired) electrons. The minimum absolute atomic E-state index is 0.00890. The molecule has 0 aliphatic rings. The van der Waals surface area contributed by atoms with Crippen LogP contribution in [-0.4, -0.2) is 18.4 Å². The number of carbonyl (C=O) groups is 2. The number of benzene rings is 2. The maximum absolute atomic E-state index is 11.9. The second-order valence-electron chi connectivity index (χ2n) is 4.67. The van der Waals surface area contributed by atoms with Gasteiger partial charge in [0.25, 0.3) is 0 Å². The summed E-state index contributed by atoms with van der Waals surface area (Å²) < 4.78 is 5.34. The van der Waals surface area contributed by atoms with E-state index in [1.165, 1.54) is 6.92 Å². The van der Waals surface area contributed by atoms with Crippen molar-refractivity contribution in [1.29, 1.82) is 0 Å². The average molecular weight is 298 g/mol. The topological polar surface area (TPSA) is 67.4 Å². The largest absolute Gasteiger partial charge is 0.494 e. The molecule has 0 unspecified atom stereocenters. The first-order chi connectivity index (χ1) is 10.6. The fourth-order valence-electron chi connectivity index (χ4n) is 1.88. The molecule has 5 nitrogen and oxygen atoms in total. The molecule has 2 aromatic rings. The lowest BCUT2D eigenvalue weighted by molar-refractivity contribution is 0.101. The third-order valence-corrected chi connectivity index (χ3v) is 2.97. The van der Waals surface area contributed by atoms with E-state index >= 15 is 0 Å². The minimum Gasteiger partial charge on any atom is -0.494 e. The molecule has 0 heterocycles. The van der Waals surface area contributed by atoms with Gasteiger partial charge in [0, 0.05) is 16.9 Å². The Kier molecular flexibility index (Phi) is 5.14. The van der Waals surface area contributed by atoms with Crippen molar-refractivity contribution in [3.05, 3.63) is 54.1 Å². The molecule has 0 saturated carbocycles. The summed E-state index contributed by atoms with van der Waals surface area (Å²) >= 11 is 0. The number of nitrogens with one attached hydrogen (secondary N) is 2. The van der Waals surface area contributed by atoms with Gasteiger partial charge in [-0.1, -0.05) is 0 Å². The number of ketones is 1. The maximum Gasteiger partial charge on any atom is 0.323 e. The summed E-state index contributed by atoms with van der Waals surface area (Å²) in [5.41, 5.74) is 1.90. The van der Waals surface area contributed by atoms with Gasteiger partial charge in [0.15, 0.2) is 5.78 Å². The van der Waals surface area contributed by atoms with E-state index in [1.54, 1.807) is 48.5 Å². The molecule has 2 rings (SSSR count). The standard InChI is InChI=1S/C17H18N2O3/c1-3-22-16-10-8-15(9-11-16)19-17(21)18-14-6-4-13(5-7-14)12(2)20/h4-11H,3H2,1-2H3,(H2,18,19,21). The average Bonchev–Trinajstić information content (AvgIpc) is 2.50. The highest BCUT2D eigenvalue weighted by atomic mass is 16.5. The van der Waals surface area contributed by atoms with Crippen LogP contribution in [0.2, 0.25) is 0 Å². The van der Waals surface area contributed by atoms with Crippen LogP contribution in [0.1, 0.15) is 24.2 Å². The van der Waals surface area contributed by atoms with Gasteiger partial charge in [0.05, 0.1) is 6.61 Å². The van der Waals surface area contributed by atoms with Gasteiger partial charge in [-0.25, -0.2) is 4.79 Å². The monoisotopic (exact) mass is 298 g/mol. The number of carbonyl (C=O) groups excluding carboxylic acids is 2. The lowest BCUT2D eigenvalue weighted by Gasteiger charge is -2.09. The Hall–Kier alpha value is -2.82. The molecule has 114 valence electrons. The lowest BCUT2D eigenvalue weighted by Crippen LogP contribution is -2.19. The first-order valence-electron chi connectivity index (χ1n) is 7.00. The predicted octanol–water partition coefficient (Wildman–Crippen LogP) is 3.93. The Balaban J connectivity index is 1.93. The summed E-state index contributed by atoms with van der Waals surface area (Å²) in [7, 11) is 0. The third-order valence-electron chi connectivity index (χ3n) is 2.97. The number of ether oxygens (including phenoxy) is 1. The molecule has 0 atom stereocenters. The van der Waals surface area contributed by atoms with Gasteiger partial charge in [0.2, 0.25) is 0 Å². The molecule has 5 heteroatoms. The van der Waals surface area contributed by atoms with Crippen molar-refractivity contribution < 1.29 is 14.3 Å². The highest BCUT2D eigenvalue weighted by molar-refractivity contribution is 6.00. The van der Waals surface area contributed by atoms with Crippen molar-refractivity contribution in [2.45, 2.75) is 13.8 Å². The van der Waals surface area contributed by atoms with Gasteiger partial charge in [-0.05, 0) is 62.4 Å². The minimum atomic E-state index is -0.347. The van der Waals surface area contributed by atoms with E-state index in [-0.39, 0.29) is 11.8 Å². The molecule has 2 aromatic carbocycles. The van der Waals surface area contributed by atoms with E-state index in [4.69, 9.17) is 4.74 Å². The number of rotatable bonds is 5. The van der Waals surface area contributed by atoms with E-state index in [2.05, 4.69) is 10.6 Å². The summed E-state index contributed by atoms with van der Waals surface area (Å²) in [5, 5.41) is 5.43. The zero-order chi connectivity index (χ0) is 15.9. The zero-order valence-corrected chi connectivity index (χ0v) is 12.6. The van der Waals surface area contributed by atoms with E-state index in [0.29, 0.717) is 23.5 Å². The van der Waals surface area contributed by atoms with Crippen LogP contribution in [0.25, 0.3) is 0 Å². The molecule has 2 N–H and O–H groups in total. The van der Waals surface area contributed by atoms with Crippen molar-refractivity contribution in [2.24, 2.45) is 0 Å². The smallest absolute Gasteiger partial charge is 0.323 e. The first kappa shape index (κ1) is 15.6. The second kappa shape index (κ2) is 7.26. The van der Waals surface area contributed by atoms with Crippen molar-refractivity contribution in [2.75, 3.05) is 17.2 Å². The normalized spacial score (nSPS) is 9.91. The molecule has 2 amide bonds. The highest BCUT2D eigenvalue weighted by Crippen LogP contribution is 2.16. The van der Waals surface area contributed by atoms with Crippen LogP contribution in [0.3, 0.4) is 0 Å². The lowest BCUT2D eigenvalue weighted by atomic mass is 10.1. The number of hydrogen-bond donors (Lipinski definition) is 2. The van der Waals surface area contributed by atoms with Crippen LogP contribution < -0.4 is 15.4 Å². The zero-order valence-electron chi connectivity index (χ0n) is 12.6. The SMILES string of the molecule is CCOc1ccc(NC(=O)Nc2ccc(C(C)=O)cc2)cc1. The molecule has 0 spiro atoms. The van der Waals surface area contributed by atoms with Gasteiger partial charge in [-0.3, -0.25) is 4.79 Å². The fraction of sp³-hybridized carbons (Fsp3) is 0.176. The van der Waals surface area contributed by atoms with Gasteiger partial charge in [-0.2, -0.15) is 0 Å². The second-order valence-corrected chi connectivity index (χ2v) is 4.67. The molecule has 0 fully saturated rings. The molecular weight excluding hydrogens is 280 g/mol. The molecule has 0 aliphatic heterocycles. The summed E-state index contributed by atoms with van der Waals surface area (Å²) in [4.78, 5) is 23.1. The van der Waals surface area contributed by atoms with E-state index < -0.39 is 0 Å². The van der Waals surface area contributed by atoms with Crippen LogP contribution in [0, 0.1) is 0 Å². The van der Waals surface area contributed by atoms with E-state index in [1.807, 2.05) is 6.92 Å². The Bertz CT molecular complexity index is 649. The predicted molar refractivity (Wildman–Crippen MR) is 86.7 cm³/mol. The molecule has 0 saturated heterocycles. The summed E-state index contributed by atoms with van der Waals surface area (Å²) in [5.74, 6) is 0.749. The van der Waals surface area contributed by atoms with Crippen molar-refractivity contribution in [3.63, 3.8) is 0 Å². The Morgan fingerprint density at radius 2 is 1.41 bits per heavy atom. The molecule has 22 heavy (non-hydrogen) atoms. The van der Waals surface area contributed by atoms with Gasteiger partial charge in [-0.15, -0.1) is 0 Å². The van der Waals surface area contributed by atoms with Crippen molar-refractivity contribution in [3.8, 4) is 5.75 Å². The summed E-state index contributed by atoms with van der Waals surface area (Å²) in [6, 6.07) is 13.5. The Morgan fingerprint density at radius 3 is 1.86 bits per heavy atom. The molecular formula is C17H18N2O3. The van der Waals surface area contributed by atoms with E-state index in [0.717, 1.165) is 5.75 Å². The number of Topliss-reactive ketones (excluding diaryl/α,β-unsaturated/α-hetero) is 1. The number of amides is 2. The molecule has 0 aliphatic carbocycles. The first-order valence-corrected chi connectivity index (χ1v) is 7.00. The number of hydrogen-bond acceptors (Lipinski definition) is 3. The highest BCUT2D eigenvalue weighted by Gasteiger charge is 2.04. The maximum atomic E-state index is 11.9. The number of anilines is 2. The van der Waals surface area contributed by atoms with Crippen LogP contribution in [0.5, 0.6) is 5.75 Å².